The van der Waals surface area contributed by atoms with Crippen molar-refractivity contribution in [3.05, 3.63) is 29.8 Å². The van der Waals surface area contributed by atoms with Gasteiger partial charge in [0.2, 0.25) is 0 Å². The predicted molar refractivity (Wildman–Crippen MR) is 36.0 cm³/mol. The van der Waals surface area contributed by atoms with Crippen molar-refractivity contribution in [1.82, 2.24) is 0 Å². The molecule has 1 aromatic rings. The fourth-order valence-electron chi connectivity index (χ4n) is 0.753. The van der Waals surface area contributed by atoms with Crippen LogP contribution in [0.3, 0.4) is 0 Å². The molecule has 0 saturated heterocycles. The van der Waals surface area contributed by atoms with Gasteiger partial charge in [-0.1, -0.05) is 6.07 Å². The molecule has 0 aromatic heterocycles. The van der Waals surface area contributed by atoms with Gasteiger partial charge in [0.1, 0.15) is 0 Å². The number of alkyl halides is 3. The van der Waals surface area contributed by atoms with Crippen LogP contribution in [0.5, 0.6) is 0 Å². The van der Waals surface area contributed by atoms with E-state index in [9.17, 15) is 22.0 Å². The molecule has 0 unspecified atom stereocenters. The number of hydrogen-bond acceptors (Lipinski definition) is 1. The smallest absolute Gasteiger partial charge is 0.295 e. The van der Waals surface area contributed by atoms with E-state index in [4.69, 9.17) is 0 Å². The van der Waals surface area contributed by atoms with Crippen LogP contribution in [0.15, 0.2) is 18.2 Å². The summed E-state index contributed by atoms with van der Waals surface area (Å²) < 4.78 is 59.9. The second kappa shape index (κ2) is 3.20. The maximum atomic E-state index is 12.6. The van der Waals surface area contributed by atoms with E-state index in [2.05, 4.69) is 0 Å². The van der Waals surface area contributed by atoms with Gasteiger partial charge in [-0.3, -0.25) is 5.32 Å². The van der Waals surface area contributed by atoms with E-state index in [0.29, 0.717) is 0 Å². The van der Waals surface area contributed by atoms with Gasteiger partial charge in [-0.15, -0.1) is 0 Å². The predicted octanol–water partition coefficient (Wildman–Crippen LogP) is 2.90. The molecule has 72 valence electrons. The van der Waals surface area contributed by atoms with E-state index < -0.39 is 23.6 Å². The summed E-state index contributed by atoms with van der Waals surface area (Å²) in [5.41, 5.74) is -0.924. The lowest BCUT2D eigenvalue weighted by Gasteiger charge is -2.10. The lowest BCUT2D eigenvalue weighted by Crippen LogP contribution is -2.21. The highest BCUT2D eigenvalue weighted by atomic mass is 19.4. The molecule has 6 heteroatoms. The average molecular weight is 197 g/mol. The van der Waals surface area contributed by atoms with Gasteiger partial charge in [-0.2, -0.15) is 13.2 Å². The number of halogens is 5. The van der Waals surface area contributed by atoms with Crippen LogP contribution in [-0.2, 0) is 0 Å². The molecule has 0 spiro atoms. The molecule has 0 bridgehead atoms. The van der Waals surface area contributed by atoms with Crippen molar-refractivity contribution in [3.63, 3.8) is 0 Å². The molecule has 0 aliphatic rings. The molecular formula is C7H4F5N. The van der Waals surface area contributed by atoms with Crippen LogP contribution in [0.4, 0.5) is 27.6 Å². The summed E-state index contributed by atoms with van der Waals surface area (Å²) in [6, 6.07) is 2.51. The minimum absolute atomic E-state index is 0.733. The van der Waals surface area contributed by atoms with E-state index in [-0.39, 0.29) is 0 Å². The maximum absolute atomic E-state index is 12.6. The molecule has 1 rings (SSSR count). The van der Waals surface area contributed by atoms with E-state index in [0.717, 1.165) is 23.5 Å². The number of nitrogens with one attached hydrogen (secondary N) is 1. The van der Waals surface area contributed by atoms with Crippen LogP contribution in [0.2, 0.25) is 0 Å². The van der Waals surface area contributed by atoms with Gasteiger partial charge in [-0.05, 0) is 12.1 Å². The van der Waals surface area contributed by atoms with Crippen molar-refractivity contribution in [2.24, 2.45) is 0 Å². The summed E-state index contributed by atoms with van der Waals surface area (Å²) in [4.78, 5) is 0. The fraction of sp³-hybridized carbons (Fsp3) is 0.143. The second-order valence-electron chi connectivity index (χ2n) is 2.22. The summed E-state index contributed by atoms with van der Waals surface area (Å²) in [6.45, 7) is 0. The molecule has 0 aliphatic carbocycles. The largest absolute Gasteiger partial charge is 0.482 e. The molecular weight excluding hydrogens is 193 g/mol. The van der Waals surface area contributed by atoms with Gasteiger partial charge >= 0.3 is 6.30 Å². The number of hydrogen-bond donors (Lipinski definition) is 1. The highest BCUT2D eigenvalue weighted by molar-refractivity contribution is 5.45. The van der Waals surface area contributed by atoms with Crippen molar-refractivity contribution in [3.8, 4) is 0 Å². The number of benzene rings is 1. The second-order valence-corrected chi connectivity index (χ2v) is 2.22. The maximum Gasteiger partial charge on any atom is 0.482 e. The first-order chi connectivity index (χ1) is 5.90. The van der Waals surface area contributed by atoms with Crippen LogP contribution in [0, 0.1) is 11.6 Å². The monoisotopic (exact) mass is 197 g/mol. The summed E-state index contributed by atoms with van der Waals surface area (Å²) >= 11 is 0. The Morgan fingerprint density at radius 1 is 1.08 bits per heavy atom. The Kier molecular flexibility index (Phi) is 2.40. The molecule has 0 amide bonds. The molecule has 1 N–H and O–H groups in total. The molecule has 1 nitrogen and oxygen atoms in total. The van der Waals surface area contributed by atoms with Crippen LogP contribution in [0.25, 0.3) is 0 Å². The van der Waals surface area contributed by atoms with Gasteiger partial charge in [0, 0.05) is 0 Å². The van der Waals surface area contributed by atoms with E-state index in [1.807, 2.05) is 0 Å². The zero-order valence-electron chi connectivity index (χ0n) is 6.12. The molecule has 0 radical (unpaired) electrons. The third-order valence-corrected chi connectivity index (χ3v) is 1.23. The van der Waals surface area contributed by atoms with E-state index in [1.54, 1.807) is 0 Å². The fourth-order valence-corrected chi connectivity index (χ4v) is 0.753. The first kappa shape index (κ1) is 9.76. The Balaban J connectivity index is 2.96. The minimum Gasteiger partial charge on any atom is -0.295 e. The van der Waals surface area contributed by atoms with Crippen molar-refractivity contribution >= 4 is 5.69 Å². The lowest BCUT2D eigenvalue weighted by atomic mass is 10.3. The van der Waals surface area contributed by atoms with Gasteiger partial charge < -0.3 is 0 Å². The number of anilines is 1. The van der Waals surface area contributed by atoms with Crippen LogP contribution in [-0.4, -0.2) is 6.30 Å². The molecule has 1 aromatic carbocycles. The van der Waals surface area contributed by atoms with Crippen molar-refractivity contribution in [2.75, 3.05) is 5.32 Å². The Bertz CT molecular complexity index is 306. The van der Waals surface area contributed by atoms with Gasteiger partial charge in [-0.25, -0.2) is 8.78 Å². The summed E-state index contributed by atoms with van der Waals surface area (Å²) in [5.74, 6) is -2.87. The Labute approximate surface area is 70.2 Å². The van der Waals surface area contributed by atoms with E-state index >= 15 is 0 Å². The van der Waals surface area contributed by atoms with E-state index in [1.165, 1.54) is 0 Å². The first-order valence-corrected chi connectivity index (χ1v) is 3.19. The molecule has 0 atom stereocenters. The first-order valence-electron chi connectivity index (χ1n) is 3.19. The standard InChI is InChI=1S/C7H4F5N/c8-4-2-1-3-5(6(4)9)13-7(10,11)12/h1-3,13H. The molecule has 13 heavy (non-hydrogen) atoms. The van der Waals surface area contributed by atoms with Crippen molar-refractivity contribution in [1.29, 1.82) is 0 Å². The lowest BCUT2D eigenvalue weighted by molar-refractivity contribution is -0.100. The quantitative estimate of drug-likeness (QED) is 0.539. The van der Waals surface area contributed by atoms with Gasteiger partial charge in [0.05, 0.1) is 5.69 Å². The molecule has 0 heterocycles. The molecule has 0 saturated carbocycles. The average Bonchev–Trinajstić information content (AvgIpc) is 1.96. The van der Waals surface area contributed by atoms with Crippen molar-refractivity contribution in [2.45, 2.75) is 6.30 Å². The third-order valence-electron chi connectivity index (χ3n) is 1.23. The normalized spacial score (nSPS) is 11.5. The Hall–Kier alpha value is -1.33. The Morgan fingerprint density at radius 3 is 2.23 bits per heavy atom. The molecule has 0 fully saturated rings. The topological polar surface area (TPSA) is 12.0 Å². The zero-order valence-corrected chi connectivity index (χ0v) is 6.12. The Morgan fingerprint density at radius 2 is 1.69 bits per heavy atom. The van der Waals surface area contributed by atoms with Crippen molar-refractivity contribution < 1.29 is 22.0 Å². The summed E-state index contributed by atoms with van der Waals surface area (Å²) in [6.07, 6.45) is -4.77. The van der Waals surface area contributed by atoms with Crippen LogP contribution in [0.1, 0.15) is 0 Å². The van der Waals surface area contributed by atoms with Gasteiger partial charge in [0.25, 0.3) is 0 Å². The summed E-state index contributed by atoms with van der Waals surface area (Å²) in [5, 5.41) is 0.875. The third kappa shape index (κ3) is 2.57. The SMILES string of the molecule is Fc1cccc(NC(F)(F)F)c1F. The minimum atomic E-state index is -4.77. The van der Waals surface area contributed by atoms with Crippen LogP contribution < -0.4 is 5.32 Å². The zero-order chi connectivity index (χ0) is 10.1. The van der Waals surface area contributed by atoms with Gasteiger partial charge in [0.15, 0.2) is 11.6 Å². The molecule has 0 aliphatic heterocycles. The highest BCUT2D eigenvalue weighted by Crippen LogP contribution is 2.23. The number of rotatable bonds is 1. The van der Waals surface area contributed by atoms with Crippen LogP contribution >= 0.6 is 0 Å². The summed E-state index contributed by atoms with van der Waals surface area (Å²) in [7, 11) is 0. The highest BCUT2D eigenvalue weighted by Gasteiger charge is 2.28.